The van der Waals surface area contributed by atoms with Crippen LogP contribution in [0.1, 0.15) is 18.2 Å². The molecule has 0 bridgehead atoms. The number of urea groups is 1. The summed E-state index contributed by atoms with van der Waals surface area (Å²) in [6, 6.07) is 7.19. The fourth-order valence-electron chi connectivity index (χ4n) is 4.22. The highest BCUT2D eigenvalue weighted by Gasteiger charge is 2.28. The summed E-state index contributed by atoms with van der Waals surface area (Å²) in [7, 11) is 1.60. The van der Waals surface area contributed by atoms with Crippen LogP contribution in [0.5, 0.6) is 0 Å². The van der Waals surface area contributed by atoms with Gasteiger partial charge in [0.1, 0.15) is 12.4 Å². The van der Waals surface area contributed by atoms with E-state index in [2.05, 4.69) is 15.5 Å². The molecule has 1 saturated heterocycles. The first-order valence-electron chi connectivity index (χ1n) is 12.3. The number of methoxy groups -OCH3 is 1. The number of nitrogens with one attached hydrogen (secondary N) is 2. The predicted molar refractivity (Wildman–Crippen MR) is 135 cm³/mol. The molecule has 1 aromatic carbocycles. The van der Waals surface area contributed by atoms with Gasteiger partial charge in [-0.1, -0.05) is 0 Å². The molecule has 0 spiro atoms. The van der Waals surface area contributed by atoms with Crippen molar-refractivity contribution >= 4 is 23.4 Å². The van der Waals surface area contributed by atoms with Crippen LogP contribution < -0.4 is 15.5 Å². The van der Waals surface area contributed by atoms with Crippen molar-refractivity contribution in [2.45, 2.75) is 19.9 Å². The van der Waals surface area contributed by atoms with Gasteiger partial charge in [0.05, 0.1) is 38.7 Å². The minimum atomic E-state index is -0.249. The molecule has 4 rings (SSSR count). The summed E-state index contributed by atoms with van der Waals surface area (Å²) in [4.78, 5) is 38.4. The number of ether oxygens (including phenoxy) is 3. The number of anilines is 2. The van der Waals surface area contributed by atoms with Crippen LogP contribution in [0.2, 0.25) is 0 Å². The van der Waals surface area contributed by atoms with Gasteiger partial charge in [-0.15, -0.1) is 0 Å². The maximum absolute atomic E-state index is 12.7. The zero-order valence-corrected chi connectivity index (χ0v) is 20.9. The Kier molecular flexibility index (Phi) is 9.04. The average molecular weight is 499 g/mol. The van der Waals surface area contributed by atoms with Crippen LogP contribution in [0, 0.1) is 0 Å². The average Bonchev–Trinajstić information content (AvgIpc) is 2.91. The topological polar surface area (TPSA) is 118 Å². The maximum Gasteiger partial charge on any atom is 0.319 e. The lowest BCUT2D eigenvalue weighted by Gasteiger charge is -2.34. The number of nitrogens with zero attached hydrogens (tertiary/aromatic N) is 4. The molecule has 2 N–H and O–H groups in total. The summed E-state index contributed by atoms with van der Waals surface area (Å²) >= 11 is 0. The second kappa shape index (κ2) is 12.6. The van der Waals surface area contributed by atoms with Gasteiger partial charge < -0.3 is 34.6 Å². The molecule has 0 saturated carbocycles. The van der Waals surface area contributed by atoms with Crippen molar-refractivity contribution < 1.29 is 23.8 Å². The Morgan fingerprint density at radius 2 is 1.86 bits per heavy atom. The van der Waals surface area contributed by atoms with Gasteiger partial charge in [-0.25, -0.2) is 14.8 Å². The van der Waals surface area contributed by atoms with E-state index in [0.29, 0.717) is 64.0 Å². The Labute approximate surface area is 211 Å². The van der Waals surface area contributed by atoms with E-state index >= 15 is 0 Å². The zero-order valence-electron chi connectivity index (χ0n) is 20.9. The Morgan fingerprint density at radius 3 is 2.58 bits per heavy atom. The Bertz CT molecular complexity index is 1040. The summed E-state index contributed by atoms with van der Waals surface area (Å²) < 4.78 is 16.0. The number of hydrogen-bond acceptors (Lipinski definition) is 8. The fraction of sp³-hybridized carbons (Fsp3) is 0.520. The van der Waals surface area contributed by atoms with E-state index in [9.17, 15) is 9.59 Å². The van der Waals surface area contributed by atoms with Crippen molar-refractivity contribution in [2.75, 3.05) is 76.5 Å². The molecule has 11 heteroatoms. The van der Waals surface area contributed by atoms with E-state index in [-0.39, 0.29) is 18.5 Å². The monoisotopic (exact) mass is 498 g/mol. The molecule has 2 aromatic rings. The number of amides is 3. The van der Waals surface area contributed by atoms with Gasteiger partial charge in [0.15, 0.2) is 5.82 Å². The van der Waals surface area contributed by atoms with E-state index in [0.717, 1.165) is 35.7 Å². The first-order chi connectivity index (χ1) is 17.6. The number of carbonyl (C=O) groups is 2. The molecule has 3 amide bonds. The highest BCUT2D eigenvalue weighted by atomic mass is 16.5. The maximum atomic E-state index is 12.7. The van der Waals surface area contributed by atoms with Crippen molar-refractivity contribution in [1.82, 2.24) is 20.2 Å². The number of rotatable bonds is 9. The van der Waals surface area contributed by atoms with Crippen molar-refractivity contribution in [2.24, 2.45) is 0 Å². The van der Waals surface area contributed by atoms with Gasteiger partial charge in [0.2, 0.25) is 5.91 Å². The molecule has 1 fully saturated rings. The second-order valence-electron chi connectivity index (χ2n) is 8.57. The van der Waals surface area contributed by atoms with E-state index in [1.807, 2.05) is 31.2 Å². The van der Waals surface area contributed by atoms with Crippen LogP contribution in [0.15, 0.2) is 24.3 Å². The molecule has 1 aromatic heterocycles. The van der Waals surface area contributed by atoms with Crippen molar-refractivity contribution in [3.05, 3.63) is 35.5 Å². The number of hydrogen-bond donors (Lipinski definition) is 2. The molecule has 194 valence electrons. The molecular weight excluding hydrogens is 464 g/mol. The lowest BCUT2D eigenvalue weighted by atomic mass is 10.0. The standard InChI is InChI=1S/C25H34N6O5/c1-3-26-25(33)27-19-6-4-18(5-7-19)23-28-21-16-31(22(32)17-36-15-14-34-2)9-8-20(21)24(29-23)30-10-12-35-13-11-30/h4-7H,3,8-17H2,1-2H3,(H2,26,27,33). The summed E-state index contributed by atoms with van der Waals surface area (Å²) in [5.74, 6) is 1.43. The molecule has 11 nitrogen and oxygen atoms in total. The number of morpholine rings is 1. The van der Waals surface area contributed by atoms with E-state index in [1.54, 1.807) is 12.0 Å². The molecule has 0 aliphatic carbocycles. The van der Waals surface area contributed by atoms with Crippen LogP contribution in [0.25, 0.3) is 11.4 Å². The first-order valence-corrected chi connectivity index (χ1v) is 12.3. The van der Waals surface area contributed by atoms with Gasteiger partial charge in [0, 0.05) is 50.1 Å². The third kappa shape index (κ3) is 6.48. The molecule has 3 heterocycles. The van der Waals surface area contributed by atoms with E-state index in [1.165, 1.54) is 0 Å². The number of benzene rings is 1. The summed E-state index contributed by atoms with van der Waals surface area (Å²) in [5.41, 5.74) is 3.45. The Balaban J connectivity index is 1.57. The third-order valence-electron chi connectivity index (χ3n) is 6.10. The van der Waals surface area contributed by atoms with Crippen molar-refractivity contribution in [1.29, 1.82) is 0 Å². The van der Waals surface area contributed by atoms with Gasteiger partial charge in [-0.05, 0) is 37.6 Å². The zero-order chi connectivity index (χ0) is 25.3. The van der Waals surface area contributed by atoms with Crippen LogP contribution in [-0.2, 0) is 32.0 Å². The van der Waals surface area contributed by atoms with Crippen LogP contribution in [-0.4, -0.2) is 93.1 Å². The van der Waals surface area contributed by atoms with Gasteiger partial charge in [-0.3, -0.25) is 4.79 Å². The molecule has 2 aliphatic heterocycles. The van der Waals surface area contributed by atoms with Crippen molar-refractivity contribution in [3.8, 4) is 11.4 Å². The minimum absolute atomic E-state index is 0.0209. The third-order valence-corrected chi connectivity index (χ3v) is 6.10. The molecule has 0 atom stereocenters. The number of fused-ring (bicyclic) bond motifs is 1. The van der Waals surface area contributed by atoms with Crippen molar-refractivity contribution in [3.63, 3.8) is 0 Å². The van der Waals surface area contributed by atoms with E-state index in [4.69, 9.17) is 24.2 Å². The SMILES string of the molecule is CCNC(=O)Nc1ccc(-c2nc3c(c(N4CCOCC4)n2)CCN(C(=O)COCCOC)C3)cc1. The lowest BCUT2D eigenvalue weighted by Crippen LogP contribution is -2.41. The second-order valence-corrected chi connectivity index (χ2v) is 8.57. The minimum Gasteiger partial charge on any atom is -0.382 e. The number of carbonyl (C=O) groups excluding carboxylic acids is 2. The van der Waals surface area contributed by atoms with Crippen LogP contribution in [0.4, 0.5) is 16.3 Å². The Morgan fingerprint density at radius 1 is 1.08 bits per heavy atom. The molecule has 2 aliphatic rings. The normalized spacial score (nSPS) is 15.4. The van der Waals surface area contributed by atoms with Gasteiger partial charge >= 0.3 is 6.03 Å². The number of aromatic nitrogens is 2. The lowest BCUT2D eigenvalue weighted by molar-refractivity contribution is -0.137. The quantitative estimate of drug-likeness (QED) is 0.502. The Hall–Kier alpha value is -3.28. The molecule has 36 heavy (non-hydrogen) atoms. The molecule has 0 radical (unpaired) electrons. The highest BCUT2D eigenvalue weighted by Crippen LogP contribution is 2.30. The largest absolute Gasteiger partial charge is 0.382 e. The fourth-order valence-corrected chi connectivity index (χ4v) is 4.22. The van der Waals surface area contributed by atoms with Crippen LogP contribution in [0.3, 0.4) is 0 Å². The smallest absolute Gasteiger partial charge is 0.319 e. The highest BCUT2D eigenvalue weighted by molar-refractivity contribution is 5.89. The first kappa shape index (κ1) is 25.8. The van der Waals surface area contributed by atoms with E-state index < -0.39 is 0 Å². The summed E-state index contributed by atoms with van der Waals surface area (Å²) in [6.07, 6.45) is 0.682. The van der Waals surface area contributed by atoms with Crippen LogP contribution >= 0.6 is 0 Å². The predicted octanol–water partition coefficient (Wildman–Crippen LogP) is 1.67. The summed E-state index contributed by atoms with van der Waals surface area (Å²) in [5, 5.41) is 5.51. The van der Waals surface area contributed by atoms with Gasteiger partial charge in [0.25, 0.3) is 0 Å². The van der Waals surface area contributed by atoms with Gasteiger partial charge in [-0.2, -0.15) is 0 Å². The molecule has 0 unspecified atom stereocenters. The molecular formula is C25H34N6O5. The summed E-state index contributed by atoms with van der Waals surface area (Å²) in [6.45, 7) is 7.09.